The van der Waals surface area contributed by atoms with Crippen LogP contribution in [-0.2, 0) is 14.0 Å². The van der Waals surface area contributed by atoms with Gasteiger partial charge in [-0.05, 0) is 18.1 Å². The van der Waals surface area contributed by atoms with Crippen molar-refractivity contribution >= 4 is 14.3 Å². The van der Waals surface area contributed by atoms with Crippen LogP contribution in [0.25, 0.3) is 0 Å². The first-order valence-corrected chi connectivity index (χ1v) is 9.18. The topological polar surface area (TPSA) is 38.8 Å². The number of hydrogen-bond acceptors (Lipinski definition) is 4. The van der Waals surface area contributed by atoms with Crippen LogP contribution in [0.1, 0.15) is 20.8 Å². The van der Waals surface area contributed by atoms with Crippen molar-refractivity contribution in [2.75, 3.05) is 21.2 Å². The molecule has 0 amide bonds. The predicted octanol–water partition coefficient (Wildman–Crippen LogP) is 3.14. The Morgan fingerprint density at radius 2 is 1.74 bits per heavy atom. The van der Waals surface area contributed by atoms with Gasteiger partial charge in [0, 0.05) is 20.3 Å². The van der Waals surface area contributed by atoms with Crippen molar-refractivity contribution in [1.29, 1.82) is 0 Å². The molecule has 4 nitrogen and oxygen atoms in total. The van der Waals surface area contributed by atoms with Gasteiger partial charge in [0.1, 0.15) is 11.3 Å². The minimum Gasteiger partial charge on any atom is -0.543 e. The summed E-state index contributed by atoms with van der Waals surface area (Å²) in [7, 11) is 3.02. The smallest absolute Gasteiger partial charge is 0.343 e. The molecule has 0 aromatic heterocycles. The standard InChI is InChI=1S/C14H27NO3Si/c1-11(18-19(8,9)14(2,3)4)12(10-15(5)6)13(16)17-7/h10H,1H2,2-9H3/b12-10-. The molecule has 0 aromatic carbocycles. The number of ether oxygens (including phenoxy) is 1. The summed E-state index contributed by atoms with van der Waals surface area (Å²) >= 11 is 0. The first kappa shape index (κ1) is 17.8. The Morgan fingerprint density at radius 1 is 1.26 bits per heavy atom. The molecule has 0 aliphatic carbocycles. The van der Waals surface area contributed by atoms with Crippen LogP contribution in [0, 0.1) is 0 Å². The molecule has 0 N–H and O–H groups in total. The van der Waals surface area contributed by atoms with E-state index in [1.54, 1.807) is 11.1 Å². The van der Waals surface area contributed by atoms with E-state index in [2.05, 4.69) is 40.4 Å². The summed E-state index contributed by atoms with van der Waals surface area (Å²) in [6.45, 7) is 14.5. The van der Waals surface area contributed by atoms with Crippen LogP contribution in [0.5, 0.6) is 0 Å². The van der Waals surface area contributed by atoms with Crippen LogP contribution in [-0.4, -0.2) is 40.4 Å². The second-order valence-electron chi connectivity index (χ2n) is 6.28. The number of rotatable bonds is 5. The second kappa shape index (κ2) is 6.28. The Bertz CT molecular complexity index is 379. The summed E-state index contributed by atoms with van der Waals surface area (Å²) in [5.41, 5.74) is 0.359. The van der Waals surface area contributed by atoms with Gasteiger partial charge in [0.15, 0.2) is 0 Å². The van der Waals surface area contributed by atoms with Crippen molar-refractivity contribution in [2.45, 2.75) is 38.9 Å². The summed E-state index contributed by atoms with van der Waals surface area (Å²) in [6, 6.07) is 0. The fraction of sp³-hybridized carbons (Fsp3) is 0.643. The van der Waals surface area contributed by atoms with Gasteiger partial charge >= 0.3 is 5.97 Å². The fourth-order valence-electron chi connectivity index (χ4n) is 1.12. The highest BCUT2D eigenvalue weighted by atomic mass is 28.4. The highest BCUT2D eigenvalue weighted by molar-refractivity contribution is 6.74. The van der Waals surface area contributed by atoms with Crippen LogP contribution < -0.4 is 0 Å². The van der Waals surface area contributed by atoms with Crippen molar-refractivity contribution in [3.8, 4) is 0 Å². The number of hydrogen-bond donors (Lipinski definition) is 0. The molecule has 0 aliphatic rings. The first-order chi connectivity index (χ1) is 8.42. The molecule has 5 heteroatoms. The highest BCUT2D eigenvalue weighted by Gasteiger charge is 2.40. The van der Waals surface area contributed by atoms with Gasteiger partial charge in [-0.2, -0.15) is 0 Å². The van der Waals surface area contributed by atoms with Gasteiger partial charge in [-0.25, -0.2) is 4.79 Å². The number of nitrogens with zero attached hydrogens (tertiary/aromatic N) is 1. The molecule has 0 atom stereocenters. The molecule has 0 saturated heterocycles. The summed E-state index contributed by atoms with van der Waals surface area (Å²) in [6.07, 6.45) is 1.67. The lowest BCUT2D eigenvalue weighted by atomic mass is 10.2. The Morgan fingerprint density at radius 3 is 2.05 bits per heavy atom. The molecule has 110 valence electrons. The van der Waals surface area contributed by atoms with Crippen LogP contribution in [0.15, 0.2) is 24.1 Å². The van der Waals surface area contributed by atoms with E-state index in [1.807, 2.05) is 14.1 Å². The minimum absolute atomic E-state index is 0.0509. The Hall–Kier alpha value is -1.23. The molecule has 0 unspecified atom stereocenters. The molecule has 0 aromatic rings. The molecule has 19 heavy (non-hydrogen) atoms. The average molecular weight is 285 g/mol. The molecule has 0 fully saturated rings. The largest absolute Gasteiger partial charge is 0.543 e. The Labute approximate surface area is 118 Å². The first-order valence-electron chi connectivity index (χ1n) is 6.27. The lowest BCUT2D eigenvalue weighted by molar-refractivity contribution is -0.136. The normalized spacial score (nSPS) is 12.9. The van der Waals surface area contributed by atoms with Crippen LogP contribution in [0.3, 0.4) is 0 Å². The molecule has 0 bridgehead atoms. The molecular weight excluding hydrogens is 258 g/mol. The zero-order valence-electron chi connectivity index (χ0n) is 13.5. The summed E-state index contributed by atoms with van der Waals surface area (Å²) < 4.78 is 10.8. The quantitative estimate of drug-likeness (QED) is 0.256. The lowest BCUT2D eigenvalue weighted by Crippen LogP contribution is -2.40. The van der Waals surface area contributed by atoms with Gasteiger partial charge in [0.25, 0.3) is 0 Å². The molecule has 0 aliphatic heterocycles. The molecule has 0 spiro atoms. The number of methoxy groups -OCH3 is 1. The summed E-state index contributed by atoms with van der Waals surface area (Å²) in [4.78, 5) is 13.6. The van der Waals surface area contributed by atoms with Crippen LogP contribution in [0.4, 0.5) is 0 Å². The summed E-state index contributed by atoms with van der Waals surface area (Å²) in [5, 5.41) is 0.0509. The molecule has 0 saturated carbocycles. The highest BCUT2D eigenvalue weighted by Crippen LogP contribution is 2.38. The third-order valence-corrected chi connectivity index (χ3v) is 7.65. The van der Waals surface area contributed by atoms with Crippen molar-refractivity contribution in [1.82, 2.24) is 4.90 Å². The van der Waals surface area contributed by atoms with Crippen molar-refractivity contribution in [3.05, 3.63) is 24.1 Å². The predicted molar refractivity (Wildman–Crippen MR) is 81.2 cm³/mol. The van der Waals surface area contributed by atoms with Crippen molar-refractivity contribution in [2.24, 2.45) is 0 Å². The number of esters is 1. The van der Waals surface area contributed by atoms with Gasteiger partial charge in [0.05, 0.1) is 7.11 Å². The van der Waals surface area contributed by atoms with Crippen molar-refractivity contribution < 1.29 is 14.0 Å². The maximum atomic E-state index is 11.8. The molecule has 0 heterocycles. The van der Waals surface area contributed by atoms with E-state index in [9.17, 15) is 4.79 Å². The van der Waals surface area contributed by atoms with E-state index < -0.39 is 14.3 Å². The van der Waals surface area contributed by atoms with Gasteiger partial charge in [-0.3, -0.25) is 0 Å². The zero-order chi connectivity index (χ0) is 15.4. The maximum Gasteiger partial charge on any atom is 0.343 e. The van der Waals surface area contributed by atoms with Gasteiger partial charge < -0.3 is 14.1 Å². The lowest BCUT2D eigenvalue weighted by Gasteiger charge is -2.37. The Kier molecular flexibility index (Phi) is 5.87. The van der Waals surface area contributed by atoms with Crippen molar-refractivity contribution in [3.63, 3.8) is 0 Å². The number of carbonyl (C=O) groups excluding carboxylic acids is 1. The number of carbonyl (C=O) groups is 1. The van der Waals surface area contributed by atoms with Gasteiger partial charge in [-0.1, -0.05) is 27.4 Å². The van der Waals surface area contributed by atoms with Gasteiger partial charge in [-0.15, -0.1) is 0 Å². The molecular formula is C14H27NO3Si. The van der Waals surface area contributed by atoms with Crippen LogP contribution in [0.2, 0.25) is 18.1 Å². The maximum absolute atomic E-state index is 11.8. The fourth-order valence-corrected chi connectivity index (χ4v) is 2.15. The SMILES string of the molecule is C=C(O[Si](C)(C)C(C)(C)C)/C(=C/N(C)C)C(=O)OC. The van der Waals surface area contributed by atoms with E-state index >= 15 is 0 Å². The average Bonchev–Trinajstić information content (AvgIpc) is 2.22. The molecule has 0 radical (unpaired) electrons. The van der Waals surface area contributed by atoms with E-state index in [4.69, 9.17) is 9.16 Å². The van der Waals surface area contributed by atoms with Gasteiger partial charge in [0.2, 0.25) is 8.32 Å². The molecule has 0 rings (SSSR count). The zero-order valence-corrected chi connectivity index (χ0v) is 14.5. The monoisotopic (exact) mass is 285 g/mol. The third kappa shape index (κ3) is 5.10. The van der Waals surface area contributed by atoms with E-state index in [-0.39, 0.29) is 5.04 Å². The Balaban J connectivity index is 5.21. The third-order valence-electron chi connectivity index (χ3n) is 3.28. The van der Waals surface area contributed by atoms with E-state index in [0.717, 1.165) is 0 Å². The summed E-state index contributed by atoms with van der Waals surface area (Å²) in [5.74, 6) is -0.0513. The second-order valence-corrected chi connectivity index (χ2v) is 11.0. The van der Waals surface area contributed by atoms with E-state index in [1.165, 1.54) is 7.11 Å². The van der Waals surface area contributed by atoms with Crippen LogP contribution >= 0.6 is 0 Å². The minimum atomic E-state index is -2.01. The van der Waals surface area contributed by atoms with E-state index in [0.29, 0.717) is 11.3 Å².